The molecule has 0 amide bonds. The van der Waals surface area contributed by atoms with E-state index in [2.05, 4.69) is 20.8 Å². The Morgan fingerprint density at radius 2 is 1.58 bits per heavy atom. The molecular weight excluding hydrogens is 232 g/mol. The van der Waals surface area contributed by atoms with Crippen molar-refractivity contribution in [2.24, 2.45) is 23.7 Å². The van der Waals surface area contributed by atoms with Crippen LogP contribution in [0.3, 0.4) is 0 Å². The number of allylic oxidation sites excluding steroid dienone is 2. The Balaban J connectivity index is 1.80. The lowest BCUT2D eigenvalue weighted by atomic mass is 9.53. The highest BCUT2D eigenvalue weighted by Gasteiger charge is 2.47. The minimum Gasteiger partial charge on any atom is -0.490 e. The predicted octanol–water partition coefficient (Wildman–Crippen LogP) is 4.84. The third-order valence-corrected chi connectivity index (χ3v) is 6.19. The summed E-state index contributed by atoms with van der Waals surface area (Å²) in [4.78, 5) is 0. The van der Waals surface area contributed by atoms with Crippen molar-refractivity contribution in [3.63, 3.8) is 0 Å². The summed E-state index contributed by atoms with van der Waals surface area (Å²) in [5.41, 5.74) is 5.01. The van der Waals surface area contributed by atoms with Crippen LogP contribution in [-0.2, 0) is 4.74 Å². The van der Waals surface area contributed by atoms with E-state index in [-0.39, 0.29) is 0 Å². The molecule has 1 aliphatic heterocycles. The van der Waals surface area contributed by atoms with Crippen LogP contribution in [-0.4, -0.2) is 6.10 Å². The zero-order valence-electron chi connectivity index (χ0n) is 12.5. The number of hydrogen-bond acceptors (Lipinski definition) is 1. The molecule has 0 saturated heterocycles. The summed E-state index contributed by atoms with van der Waals surface area (Å²) >= 11 is 0. The van der Waals surface area contributed by atoms with E-state index in [9.17, 15) is 0 Å². The van der Waals surface area contributed by atoms with Gasteiger partial charge in [0, 0.05) is 0 Å². The fourth-order valence-corrected chi connectivity index (χ4v) is 5.81. The van der Waals surface area contributed by atoms with Crippen molar-refractivity contribution in [2.45, 2.75) is 65.4 Å². The molecule has 4 aliphatic carbocycles. The van der Waals surface area contributed by atoms with E-state index >= 15 is 0 Å². The number of hydrogen-bond donors (Lipinski definition) is 0. The maximum absolute atomic E-state index is 6.06. The molecule has 4 bridgehead atoms. The standard InChI is InChI=1S/C18H26O/c1-4-16-10(2)19-11(3)17(16)18-14-6-12-5-13(8-14)9-15(18)7-12/h11-15H,4-9H2,1-3H3. The third kappa shape index (κ3) is 1.66. The summed E-state index contributed by atoms with van der Waals surface area (Å²) in [6, 6.07) is 0. The van der Waals surface area contributed by atoms with Crippen LogP contribution in [0, 0.1) is 23.7 Å². The van der Waals surface area contributed by atoms with Gasteiger partial charge in [-0.05, 0) is 87.2 Å². The summed E-state index contributed by atoms with van der Waals surface area (Å²) in [6.07, 6.45) is 8.92. The van der Waals surface area contributed by atoms with Crippen LogP contribution in [0.2, 0.25) is 0 Å². The second kappa shape index (κ2) is 4.14. The molecule has 1 nitrogen and oxygen atoms in total. The van der Waals surface area contributed by atoms with Gasteiger partial charge < -0.3 is 4.74 Å². The molecule has 5 rings (SSSR count). The topological polar surface area (TPSA) is 9.23 Å². The quantitative estimate of drug-likeness (QED) is 0.654. The minimum absolute atomic E-state index is 0.322. The monoisotopic (exact) mass is 258 g/mol. The summed E-state index contributed by atoms with van der Waals surface area (Å²) in [5, 5.41) is 0. The molecular formula is C18H26O. The van der Waals surface area contributed by atoms with E-state index in [1.54, 1.807) is 5.57 Å². The number of ether oxygens (including phenoxy) is 1. The van der Waals surface area contributed by atoms with Crippen molar-refractivity contribution >= 4 is 0 Å². The maximum Gasteiger partial charge on any atom is 0.121 e. The van der Waals surface area contributed by atoms with Gasteiger partial charge in [0.2, 0.25) is 0 Å². The molecule has 5 aliphatic rings. The van der Waals surface area contributed by atoms with Gasteiger partial charge in [0.05, 0.1) is 5.76 Å². The molecule has 1 heteroatoms. The first-order chi connectivity index (χ1) is 9.17. The van der Waals surface area contributed by atoms with Crippen molar-refractivity contribution in [3.8, 4) is 0 Å². The molecule has 19 heavy (non-hydrogen) atoms. The summed E-state index contributed by atoms with van der Waals surface area (Å²) < 4.78 is 6.06. The summed E-state index contributed by atoms with van der Waals surface area (Å²) in [6.45, 7) is 6.72. The molecule has 104 valence electrons. The van der Waals surface area contributed by atoms with Crippen molar-refractivity contribution in [2.75, 3.05) is 0 Å². The normalized spacial score (nSPS) is 44.3. The van der Waals surface area contributed by atoms with E-state index in [0.29, 0.717) is 6.10 Å². The van der Waals surface area contributed by atoms with Crippen molar-refractivity contribution < 1.29 is 4.74 Å². The van der Waals surface area contributed by atoms with Crippen LogP contribution in [0.5, 0.6) is 0 Å². The van der Waals surface area contributed by atoms with Crippen LogP contribution in [0.1, 0.15) is 59.3 Å². The maximum atomic E-state index is 6.06. The Hall–Kier alpha value is -0.720. The SMILES string of the molecule is CCC1=C(C)OC(C)C1=C1C2CC3CC(C2)CC1C3. The molecule has 0 N–H and O–H groups in total. The lowest BCUT2D eigenvalue weighted by molar-refractivity contribution is 0.0662. The van der Waals surface area contributed by atoms with Gasteiger partial charge in [-0.1, -0.05) is 12.5 Å². The summed E-state index contributed by atoms with van der Waals surface area (Å²) in [7, 11) is 0. The lowest BCUT2D eigenvalue weighted by Crippen LogP contribution is -2.41. The average molecular weight is 258 g/mol. The van der Waals surface area contributed by atoms with Gasteiger partial charge in [0.15, 0.2) is 0 Å². The van der Waals surface area contributed by atoms with Gasteiger partial charge in [-0.15, -0.1) is 0 Å². The van der Waals surface area contributed by atoms with Crippen LogP contribution < -0.4 is 0 Å². The van der Waals surface area contributed by atoms with Crippen molar-refractivity contribution in [3.05, 3.63) is 22.5 Å². The fraction of sp³-hybridized carbons (Fsp3) is 0.778. The average Bonchev–Trinajstić information content (AvgIpc) is 2.63. The lowest BCUT2D eigenvalue weighted by Gasteiger charge is -2.52. The Morgan fingerprint density at radius 1 is 1.00 bits per heavy atom. The van der Waals surface area contributed by atoms with E-state index in [1.165, 1.54) is 43.4 Å². The fourth-order valence-electron chi connectivity index (χ4n) is 5.81. The largest absolute Gasteiger partial charge is 0.490 e. The molecule has 0 aromatic carbocycles. The molecule has 0 aromatic heterocycles. The molecule has 4 fully saturated rings. The predicted molar refractivity (Wildman–Crippen MR) is 77.6 cm³/mol. The summed E-state index contributed by atoms with van der Waals surface area (Å²) in [5.74, 6) is 5.13. The Bertz CT molecular complexity index is 438. The highest BCUT2D eigenvalue weighted by Crippen LogP contribution is 2.58. The molecule has 4 saturated carbocycles. The van der Waals surface area contributed by atoms with Gasteiger partial charge >= 0.3 is 0 Å². The highest BCUT2D eigenvalue weighted by molar-refractivity contribution is 5.46. The van der Waals surface area contributed by atoms with Gasteiger partial charge in [0.1, 0.15) is 6.10 Å². The molecule has 0 aromatic rings. The van der Waals surface area contributed by atoms with Crippen LogP contribution in [0.15, 0.2) is 22.5 Å². The van der Waals surface area contributed by atoms with Gasteiger partial charge in [-0.3, -0.25) is 0 Å². The van der Waals surface area contributed by atoms with Crippen LogP contribution in [0.25, 0.3) is 0 Å². The first-order valence-electron chi connectivity index (χ1n) is 8.28. The zero-order chi connectivity index (χ0) is 13.1. The van der Waals surface area contributed by atoms with Gasteiger partial charge in [-0.2, -0.15) is 0 Å². The number of rotatable bonds is 1. The van der Waals surface area contributed by atoms with E-state index in [4.69, 9.17) is 4.74 Å². The first-order valence-corrected chi connectivity index (χ1v) is 8.28. The van der Waals surface area contributed by atoms with Crippen molar-refractivity contribution in [1.29, 1.82) is 0 Å². The molecule has 1 unspecified atom stereocenters. The molecule has 1 atom stereocenters. The smallest absolute Gasteiger partial charge is 0.121 e. The van der Waals surface area contributed by atoms with Crippen molar-refractivity contribution in [1.82, 2.24) is 0 Å². The molecule has 0 radical (unpaired) electrons. The van der Waals surface area contributed by atoms with E-state index in [1.807, 2.05) is 5.57 Å². The zero-order valence-corrected chi connectivity index (χ0v) is 12.5. The van der Waals surface area contributed by atoms with Gasteiger partial charge in [0.25, 0.3) is 0 Å². The third-order valence-electron chi connectivity index (χ3n) is 6.19. The van der Waals surface area contributed by atoms with E-state index < -0.39 is 0 Å². The van der Waals surface area contributed by atoms with Gasteiger partial charge in [-0.25, -0.2) is 0 Å². The molecule has 0 spiro atoms. The van der Waals surface area contributed by atoms with Crippen LogP contribution >= 0.6 is 0 Å². The second-order valence-corrected chi connectivity index (χ2v) is 7.32. The van der Waals surface area contributed by atoms with E-state index in [0.717, 1.165) is 30.1 Å². The Labute approximate surface area is 117 Å². The molecule has 1 heterocycles. The highest BCUT2D eigenvalue weighted by atomic mass is 16.5. The minimum atomic E-state index is 0.322. The second-order valence-electron chi connectivity index (χ2n) is 7.32. The Morgan fingerprint density at radius 3 is 2.11 bits per heavy atom. The van der Waals surface area contributed by atoms with Crippen LogP contribution in [0.4, 0.5) is 0 Å². The Kier molecular flexibility index (Phi) is 2.62. The first kappa shape index (κ1) is 12.1.